The predicted octanol–water partition coefficient (Wildman–Crippen LogP) is 4.18. The van der Waals surface area contributed by atoms with Crippen molar-refractivity contribution in [2.45, 2.75) is 44.9 Å². The van der Waals surface area contributed by atoms with E-state index in [4.69, 9.17) is 4.74 Å². The molecule has 0 saturated carbocycles. The number of pyridine rings is 1. The van der Waals surface area contributed by atoms with Crippen LogP contribution >= 0.6 is 0 Å². The summed E-state index contributed by atoms with van der Waals surface area (Å²) < 4.78 is 35.3. The molecular weight excluding hydrogens is 466 g/mol. The first kappa shape index (κ1) is 25.3. The molecular formula is C27H30F2N4O3. The fourth-order valence-corrected chi connectivity index (χ4v) is 4.31. The fraction of sp³-hybridized carbons (Fsp3) is 0.370. The second-order valence-electron chi connectivity index (χ2n) is 9.52. The average molecular weight is 497 g/mol. The molecule has 2 aliphatic rings. The van der Waals surface area contributed by atoms with E-state index in [1.54, 1.807) is 25.5 Å². The number of aryl methyl sites for hydroxylation is 1. The molecule has 0 saturated heterocycles. The van der Waals surface area contributed by atoms with E-state index in [1.165, 1.54) is 10.6 Å². The van der Waals surface area contributed by atoms with Gasteiger partial charge < -0.3 is 14.6 Å². The lowest BCUT2D eigenvalue weighted by Crippen LogP contribution is -2.49. The van der Waals surface area contributed by atoms with E-state index in [1.807, 2.05) is 67.4 Å². The van der Waals surface area contributed by atoms with Gasteiger partial charge in [-0.25, -0.2) is 0 Å². The number of carbonyl (C=O) groups excluding carboxylic acids is 1. The number of hydrazone groups is 1. The van der Waals surface area contributed by atoms with E-state index < -0.39 is 24.0 Å². The zero-order valence-corrected chi connectivity index (χ0v) is 20.6. The minimum Gasteiger partial charge on any atom is -0.484 e. The molecule has 1 amide bonds. The Labute approximate surface area is 208 Å². The van der Waals surface area contributed by atoms with Crippen molar-refractivity contribution < 1.29 is 18.3 Å². The lowest BCUT2D eigenvalue weighted by atomic mass is 9.92. The van der Waals surface area contributed by atoms with Crippen LogP contribution in [0.4, 0.5) is 14.5 Å². The molecule has 0 radical (unpaired) electrons. The summed E-state index contributed by atoms with van der Waals surface area (Å²) in [6.07, 6.45) is 8.57. The van der Waals surface area contributed by atoms with Crippen molar-refractivity contribution in [2.24, 2.45) is 24.0 Å². The molecule has 0 fully saturated rings. The van der Waals surface area contributed by atoms with E-state index in [9.17, 15) is 18.4 Å². The molecule has 190 valence electrons. The van der Waals surface area contributed by atoms with Crippen molar-refractivity contribution in [2.75, 3.05) is 5.01 Å². The van der Waals surface area contributed by atoms with Crippen LogP contribution < -0.4 is 15.9 Å². The highest BCUT2D eigenvalue weighted by Gasteiger charge is 2.38. The Hall–Kier alpha value is -3.75. The molecule has 2 aromatic rings. The van der Waals surface area contributed by atoms with Gasteiger partial charge in [-0.2, -0.15) is 13.9 Å². The lowest BCUT2D eigenvalue weighted by Gasteiger charge is -2.34. The van der Waals surface area contributed by atoms with Crippen molar-refractivity contribution in [1.29, 1.82) is 0 Å². The number of nitrogens with one attached hydrogen (secondary N) is 1. The number of benzene rings is 1. The monoisotopic (exact) mass is 496 g/mol. The standard InChI is InChI=1S/C27H30F2N4O3/c1-17(2)24(31-26(35)27(3,28)29)25(18-8-6-5-7-9-18)36-21-11-12-22-19(14-21)15-30-33(22)20-10-13-23(34)32(4)16-20/h5-17,19,22,24-25H,1-4H3,(H,31,35). The molecule has 4 unspecified atom stereocenters. The summed E-state index contributed by atoms with van der Waals surface area (Å²) in [4.78, 5) is 23.9. The molecule has 36 heavy (non-hydrogen) atoms. The SMILES string of the molecule is CC(C)C(NC(=O)C(C)(F)F)C(OC1=CC2C=NN(c3ccc(=O)n(C)c3)C2C=C1)c1ccccc1. The maximum Gasteiger partial charge on any atom is 0.321 e. The molecule has 1 aromatic heterocycles. The number of amides is 1. The van der Waals surface area contributed by atoms with E-state index in [-0.39, 0.29) is 23.4 Å². The molecule has 1 aromatic carbocycles. The van der Waals surface area contributed by atoms with Crippen LogP contribution in [-0.4, -0.2) is 34.7 Å². The van der Waals surface area contributed by atoms with Crippen LogP contribution in [0.2, 0.25) is 0 Å². The summed E-state index contributed by atoms with van der Waals surface area (Å²) >= 11 is 0. The van der Waals surface area contributed by atoms with Gasteiger partial charge in [-0.3, -0.25) is 14.6 Å². The Bertz CT molecular complexity index is 1250. The third-order valence-electron chi connectivity index (χ3n) is 6.32. The highest BCUT2D eigenvalue weighted by atomic mass is 19.3. The number of aromatic nitrogens is 1. The van der Waals surface area contributed by atoms with Crippen LogP contribution in [0, 0.1) is 11.8 Å². The minimum absolute atomic E-state index is 0.0919. The van der Waals surface area contributed by atoms with Gasteiger partial charge in [0.25, 0.3) is 5.91 Å². The first-order valence-electron chi connectivity index (χ1n) is 11.8. The number of rotatable bonds is 8. The first-order valence-corrected chi connectivity index (χ1v) is 11.8. The third kappa shape index (κ3) is 5.40. The molecule has 7 nitrogen and oxygen atoms in total. The van der Waals surface area contributed by atoms with Gasteiger partial charge in [-0.1, -0.05) is 50.3 Å². The van der Waals surface area contributed by atoms with Gasteiger partial charge in [0.15, 0.2) is 0 Å². The van der Waals surface area contributed by atoms with Crippen LogP contribution in [0.25, 0.3) is 0 Å². The average Bonchev–Trinajstić information content (AvgIpc) is 3.26. The Morgan fingerprint density at radius 2 is 1.89 bits per heavy atom. The highest BCUT2D eigenvalue weighted by Crippen LogP contribution is 2.34. The lowest BCUT2D eigenvalue weighted by molar-refractivity contribution is -0.145. The Kier molecular flexibility index (Phi) is 7.10. The van der Waals surface area contributed by atoms with Gasteiger partial charge in [-0.15, -0.1) is 0 Å². The zero-order chi connectivity index (χ0) is 26.0. The van der Waals surface area contributed by atoms with Gasteiger partial charge in [0, 0.05) is 38.4 Å². The second-order valence-corrected chi connectivity index (χ2v) is 9.52. The van der Waals surface area contributed by atoms with Crippen LogP contribution in [0.15, 0.2) is 82.5 Å². The summed E-state index contributed by atoms with van der Waals surface area (Å²) in [6, 6.07) is 11.7. The number of anilines is 1. The van der Waals surface area contributed by atoms with Gasteiger partial charge in [0.1, 0.15) is 11.9 Å². The Morgan fingerprint density at radius 3 is 2.53 bits per heavy atom. The second kappa shape index (κ2) is 10.1. The van der Waals surface area contributed by atoms with Gasteiger partial charge in [0.2, 0.25) is 5.56 Å². The number of halogens is 2. The number of fused-ring (bicyclic) bond motifs is 1. The Balaban J connectivity index is 1.58. The van der Waals surface area contributed by atoms with E-state index in [2.05, 4.69) is 10.4 Å². The summed E-state index contributed by atoms with van der Waals surface area (Å²) in [5.74, 6) is -4.56. The van der Waals surface area contributed by atoms with E-state index in [0.29, 0.717) is 12.7 Å². The fourth-order valence-electron chi connectivity index (χ4n) is 4.31. The van der Waals surface area contributed by atoms with E-state index >= 15 is 0 Å². The molecule has 0 bridgehead atoms. The Morgan fingerprint density at radius 1 is 1.17 bits per heavy atom. The molecule has 1 aliphatic carbocycles. The summed E-state index contributed by atoms with van der Waals surface area (Å²) in [6.45, 7) is 4.29. The molecule has 1 aliphatic heterocycles. The smallest absolute Gasteiger partial charge is 0.321 e. The normalized spacial score (nSPS) is 20.6. The summed E-state index contributed by atoms with van der Waals surface area (Å²) in [7, 11) is 1.69. The molecule has 1 N–H and O–H groups in total. The van der Waals surface area contributed by atoms with Gasteiger partial charge >= 0.3 is 5.92 Å². The number of allylic oxidation sites excluding steroid dienone is 1. The minimum atomic E-state index is -3.50. The molecule has 4 rings (SSSR count). The van der Waals surface area contributed by atoms with Crippen molar-refractivity contribution in [3.8, 4) is 0 Å². The van der Waals surface area contributed by atoms with Crippen molar-refractivity contribution in [3.63, 3.8) is 0 Å². The van der Waals surface area contributed by atoms with E-state index in [0.717, 1.165) is 11.3 Å². The summed E-state index contributed by atoms with van der Waals surface area (Å²) in [5.41, 5.74) is 1.45. The quantitative estimate of drug-likeness (QED) is 0.595. The number of hydrogen-bond donors (Lipinski definition) is 1. The molecule has 2 heterocycles. The number of carbonyl (C=O) groups is 1. The zero-order valence-electron chi connectivity index (χ0n) is 20.6. The van der Waals surface area contributed by atoms with Crippen molar-refractivity contribution in [3.05, 3.63) is 88.6 Å². The number of hydrogen-bond acceptors (Lipinski definition) is 5. The molecule has 4 atom stereocenters. The summed E-state index contributed by atoms with van der Waals surface area (Å²) in [5, 5.41) is 8.86. The molecule has 0 spiro atoms. The number of alkyl halides is 2. The highest BCUT2D eigenvalue weighted by molar-refractivity contribution is 5.83. The van der Waals surface area contributed by atoms with Crippen LogP contribution in [0.1, 0.15) is 32.4 Å². The number of nitrogens with zero attached hydrogens (tertiary/aromatic N) is 3. The largest absolute Gasteiger partial charge is 0.484 e. The molecule has 9 heteroatoms. The van der Waals surface area contributed by atoms with Crippen molar-refractivity contribution >= 4 is 17.8 Å². The van der Waals surface area contributed by atoms with Gasteiger partial charge in [-0.05, 0) is 29.7 Å². The van der Waals surface area contributed by atoms with Crippen molar-refractivity contribution in [1.82, 2.24) is 9.88 Å². The topological polar surface area (TPSA) is 75.9 Å². The van der Waals surface area contributed by atoms with Gasteiger partial charge in [0.05, 0.1) is 17.8 Å². The van der Waals surface area contributed by atoms with Crippen LogP contribution in [0.5, 0.6) is 0 Å². The predicted molar refractivity (Wildman–Crippen MR) is 135 cm³/mol. The maximum absolute atomic E-state index is 13.7. The third-order valence-corrected chi connectivity index (χ3v) is 6.32. The number of ether oxygens (including phenoxy) is 1. The van der Waals surface area contributed by atoms with Crippen LogP contribution in [0.3, 0.4) is 0 Å². The first-order chi connectivity index (χ1) is 17.0. The van der Waals surface area contributed by atoms with Crippen LogP contribution in [-0.2, 0) is 16.6 Å². The maximum atomic E-state index is 13.7.